The molecule has 0 bridgehead atoms. The van der Waals surface area contributed by atoms with Gasteiger partial charge in [-0.15, -0.1) is 0 Å². The van der Waals surface area contributed by atoms with Gasteiger partial charge in [-0.05, 0) is 5.41 Å². The molecule has 100 valence electrons. The second kappa shape index (κ2) is 4.50. The van der Waals surface area contributed by atoms with Gasteiger partial charge in [-0.25, -0.2) is 4.98 Å². The number of hydrogen-bond donors (Lipinski definition) is 1. The molecule has 2 heterocycles. The third kappa shape index (κ3) is 2.63. The SMILES string of the molecule is CN(CC(C)(C)C)c1nc(N)nc2c1S(=O)CC2. The summed E-state index contributed by atoms with van der Waals surface area (Å²) in [6.07, 6.45) is 0.727. The molecule has 18 heavy (non-hydrogen) atoms. The van der Waals surface area contributed by atoms with E-state index in [1.807, 2.05) is 11.9 Å². The number of fused-ring (bicyclic) bond motifs is 1. The summed E-state index contributed by atoms with van der Waals surface area (Å²) in [7, 11) is 0.972. The number of hydrogen-bond acceptors (Lipinski definition) is 5. The quantitative estimate of drug-likeness (QED) is 0.872. The number of anilines is 2. The molecule has 1 aromatic heterocycles. The molecule has 0 aliphatic carbocycles. The molecule has 0 fully saturated rings. The molecular weight excluding hydrogens is 248 g/mol. The molecule has 2 N–H and O–H groups in total. The fourth-order valence-electron chi connectivity index (χ4n) is 2.24. The summed E-state index contributed by atoms with van der Waals surface area (Å²) in [6, 6.07) is 0. The van der Waals surface area contributed by atoms with Gasteiger partial charge in [0.1, 0.15) is 4.90 Å². The van der Waals surface area contributed by atoms with Crippen LogP contribution in [-0.4, -0.2) is 33.5 Å². The van der Waals surface area contributed by atoms with E-state index in [4.69, 9.17) is 5.73 Å². The van der Waals surface area contributed by atoms with Crippen LogP contribution >= 0.6 is 0 Å². The Bertz CT molecular complexity index is 496. The lowest BCUT2D eigenvalue weighted by molar-refractivity contribution is 0.417. The van der Waals surface area contributed by atoms with Crippen molar-refractivity contribution in [3.05, 3.63) is 5.69 Å². The van der Waals surface area contributed by atoms with Crippen LogP contribution in [0.3, 0.4) is 0 Å². The first-order valence-electron chi connectivity index (χ1n) is 6.04. The van der Waals surface area contributed by atoms with E-state index in [0.717, 1.165) is 29.4 Å². The maximum Gasteiger partial charge on any atom is 0.222 e. The standard InChI is InChI=1S/C12H20N4OS/c1-12(2,3)7-16(4)10-9-8(5-6-18(9)17)14-11(13)15-10/h5-7H2,1-4H3,(H2,13,14,15). The van der Waals surface area contributed by atoms with Gasteiger partial charge in [0, 0.05) is 25.8 Å². The Hall–Kier alpha value is -1.17. The predicted molar refractivity (Wildman–Crippen MR) is 74.1 cm³/mol. The van der Waals surface area contributed by atoms with Gasteiger partial charge in [0.05, 0.1) is 16.5 Å². The molecule has 0 spiro atoms. The minimum Gasteiger partial charge on any atom is -0.368 e. The molecule has 0 saturated carbocycles. The zero-order valence-corrected chi connectivity index (χ0v) is 12.2. The number of aromatic nitrogens is 2. The monoisotopic (exact) mass is 268 g/mol. The number of nitrogens with zero attached hydrogens (tertiary/aromatic N) is 3. The highest BCUT2D eigenvalue weighted by Gasteiger charge is 2.28. The minimum atomic E-state index is -0.989. The second-order valence-electron chi connectivity index (χ2n) is 5.90. The molecule has 2 rings (SSSR count). The average Bonchev–Trinajstić information content (AvgIpc) is 2.56. The van der Waals surface area contributed by atoms with Crippen molar-refractivity contribution in [1.29, 1.82) is 0 Å². The summed E-state index contributed by atoms with van der Waals surface area (Å²) in [4.78, 5) is 11.3. The number of nitrogens with two attached hydrogens (primary N) is 1. The highest BCUT2D eigenvalue weighted by Crippen LogP contribution is 2.31. The topological polar surface area (TPSA) is 72.1 Å². The number of nitrogen functional groups attached to an aromatic ring is 1. The van der Waals surface area contributed by atoms with E-state index in [1.54, 1.807) is 0 Å². The molecular formula is C12H20N4OS. The van der Waals surface area contributed by atoms with Gasteiger partial charge in [-0.2, -0.15) is 4.98 Å². The van der Waals surface area contributed by atoms with E-state index >= 15 is 0 Å². The maximum absolute atomic E-state index is 12.0. The highest BCUT2D eigenvalue weighted by atomic mass is 32.2. The number of aryl methyl sites for hydroxylation is 1. The van der Waals surface area contributed by atoms with Gasteiger partial charge in [0.25, 0.3) is 0 Å². The Morgan fingerprint density at radius 2 is 2.06 bits per heavy atom. The average molecular weight is 268 g/mol. The van der Waals surface area contributed by atoms with Crippen LogP contribution < -0.4 is 10.6 Å². The van der Waals surface area contributed by atoms with Crippen molar-refractivity contribution in [1.82, 2.24) is 9.97 Å². The molecule has 1 atom stereocenters. The molecule has 1 aliphatic rings. The summed E-state index contributed by atoms with van der Waals surface area (Å²) in [5.41, 5.74) is 6.72. The lowest BCUT2D eigenvalue weighted by Crippen LogP contribution is -2.31. The molecule has 1 unspecified atom stereocenters. The Morgan fingerprint density at radius 3 is 2.67 bits per heavy atom. The third-order valence-corrected chi connectivity index (χ3v) is 4.21. The molecule has 1 aliphatic heterocycles. The lowest BCUT2D eigenvalue weighted by atomic mass is 9.96. The summed E-state index contributed by atoms with van der Waals surface area (Å²) in [6.45, 7) is 7.30. The van der Waals surface area contributed by atoms with Crippen molar-refractivity contribution in [3.63, 3.8) is 0 Å². The van der Waals surface area contributed by atoms with Crippen molar-refractivity contribution < 1.29 is 4.21 Å². The lowest BCUT2D eigenvalue weighted by Gasteiger charge is -2.28. The van der Waals surface area contributed by atoms with E-state index in [0.29, 0.717) is 5.75 Å². The van der Waals surface area contributed by atoms with Crippen LogP contribution in [0.15, 0.2) is 4.90 Å². The molecule has 5 nitrogen and oxygen atoms in total. The first kappa shape index (κ1) is 13.3. The van der Waals surface area contributed by atoms with Gasteiger partial charge in [-0.3, -0.25) is 4.21 Å². The zero-order chi connectivity index (χ0) is 13.5. The van der Waals surface area contributed by atoms with Crippen LogP contribution in [0.5, 0.6) is 0 Å². The van der Waals surface area contributed by atoms with Crippen molar-refractivity contribution in [3.8, 4) is 0 Å². The Labute approximate surface area is 110 Å². The van der Waals surface area contributed by atoms with Crippen LogP contribution in [0.2, 0.25) is 0 Å². The number of rotatable bonds is 2. The summed E-state index contributed by atoms with van der Waals surface area (Å²) in [5.74, 6) is 1.62. The smallest absolute Gasteiger partial charge is 0.222 e. The van der Waals surface area contributed by atoms with Gasteiger partial charge >= 0.3 is 0 Å². The van der Waals surface area contributed by atoms with Gasteiger partial charge < -0.3 is 10.6 Å². The highest BCUT2D eigenvalue weighted by molar-refractivity contribution is 7.85. The summed E-state index contributed by atoms with van der Waals surface area (Å²) in [5, 5.41) is 0. The molecule has 0 aromatic carbocycles. The van der Waals surface area contributed by atoms with E-state index < -0.39 is 10.8 Å². The summed E-state index contributed by atoms with van der Waals surface area (Å²) >= 11 is 0. The van der Waals surface area contributed by atoms with Crippen molar-refractivity contribution in [2.45, 2.75) is 32.1 Å². The van der Waals surface area contributed by atoms with Crippen LogP contribution in [0.4, 0.5) is 11.8 Å². The van der Waals surface area contributed by atoms with E-state index in [-0.39, 0.29) is 11.4 Å². The van der Waals surface area contributed by atoms with E-state index in [2.05, 4.69) is 30.7 Å². The maximum atomic E-state index is 12.0. The first-order chi connectivity index (χ1) is 8.28. The Morgan fingerprint density at radius 1 is 1.39 bits per heavy atom. The fraction of sp³-hybridized carbons (Fsp3) is 0.667. The Balaban J connectivity index is 2.42. The van der Waals surface area contributed by atoms with E-state index in [9.17, 15) is 4.21 Å². The van der Waals surface area contributed by atoms with Crippen molar-refractivity contribution in [2.75, 3.05) is 30.0 Å². The fourth-order valence-corrected chi connectivity index (χ4v) is 3.64. The van der Waals surface area contributed by atoms with Crippen LogP contribution in [0.1, 0.15) is 26.5 Å². The summed E-state index contributed by atoms with van der Waals surface area (Å²) < 4.78 is 12.0. The second-order valence-corrected chi connectivity index (χ2v) is 7.41. The first-order valence-corrected chi connectivity index (χ1v) is 7.36. The molecule has 0 saturated heterocycles. The van der Waals surface area contributed by atoms with Gasteiger partial charge in [0.2, 0.25) is 5.95 Å². The van der Waals surface area contributed by atoms with Gasteiger partial charge in [0.15, 0.2) is 5.82 Å². The van der Waals surface area contributed by atoms with Gasteiger partial charge in [-0.1, -0.05) is 20.8 Å². The van der Waals surface area contributed by atoms with Crippen molar-refractivity contribution in [2.24, 2.45) is 5.41 Å². The largest absolute Gasteiger partial charge is 0.368 e. The third-order valence-electron chi connectivity index (χ3n) is 2.76. The minimum absolute atomic E-state index is 0.140. The van der Waals surface area contributed by atoms with Crippen LogP contribution in [0, 0.1) is 5.41 Å². The van der Waals surface area contributed by atoms with E-state index in [1.165, 1.54) is 0 Å². The van der Waals surface area contributed by atoms with Crippen LogP contribution in [0.25, 0.3) is 0 Å². The zero-order valence-electron chi connectivity index (χ0n) is 11.4. The molecule has 0 amide bonds. The molecule has 6 heteroatoms. The van der Waals surface area contributed by atoms with Crippen molar-refractivity contribution >= 4 is 22.6 Å². The molecule has 0 radical (unpaired) electrons. The Kier molecular flexibility index (Phi) is 3.31. The molecule has 1 aromatic rings. The normalized spacial score (nSPS) is 18.8. The predicted octanol–water partition coefficient (Wildman–Crippen LogP) is 1.20. The van der Waals surface area contributed by atoms with Crippen LogP contribution in [-0.2, 0) is 17.2 Å².